The fourth-order valence-electron chi connectivity index (χ4n) is 3.49. The Bertz CT molecular complexity index is 855. The molecule has 1 aromatic heterocycles. The highest BCUT2D eigenvalue weighted by Crippen LogP contribution is 2.36. The van der Waals surface area contributed by atoms with Gasteiger partial charge < -0.3 is 4.74 Å². The lowest BCUT2D eigenvalue weighted by Gasteiger charge is -2.34. The molecule has 1 unspecified atom stereocenters. The van der Waals surface area contributed by atoms with Crippen molar-refractivity contribution in [2.45, 2.75) is 24.3 Å². The highest BCUT2D eigenvalue weighted by Gasteiger charge is 2.48. The molecule has 0 spiro atoms. The van der Waals surface area contributed by atoms with E-state index in [0.717, 1.165) is 5.56 Å². The summed E-state index contributed by atoms with van der Waals surface area (Å²) in [5, 5.41) is 12.1. The van der Waals surface area contributed by atoms with Gasteiger partial charge in [0.1, 0.15) is 0 Å². The van der Waals surface area contributed by atoms with Crippen LogP contribution in [0.4, 0.5) is 0 Å². The lowest BCUT2D eigenvalue weighted by molar-refractivity contribution is 0.138. The minimum Gasteiger partial charge on any atom is -0.383 e. The van der Waals surface area contributed by atoms with E-state index in [1.165, 1.54) is 0 Å². The number of hydrogen-bond donors (Lipinski definition) is 0. The fraction of sp³-hybridized carbons (Fsp3) is 0.588. The maximum absolute atomic E-state index is 13.0. The van der Waals surface area contributed by atoms with E-state index < -0.39 is 15.6 Å². The molecule has 9 nitrogen and oxygen atoms in total. The number of sulfonamides is 1. The van der Waals surface area contributed by atoms with E-state index in [1.54, 1.807) is 16.1 Å². The summed E-state index contributed by atoms with van der Waals surface area (Å²) in [6, 6.07) is 9.24. The van der Waals surface area contributed by atoms with Crippen LogP contribution in [0.1, 0.15) is 17.8 Å². The van der Waals surface area contributed by atoms with Crippen LogP contribution in [-0.2, 0) is 32.6 Å². The van der Waals surface area contributed by atoms with Gasteiger partial charge in [-0.3, -0.25) is 4.90 Å². The molecule has 1 aromatic carbocycles. The maximum Gasteiger partial charge on any atom is 0.218 e. The zero-order valence-electron chi connectivity index (χ0n) is 15.9. The standard InChI is InChI=1S/C17H26N6O3S/c1-21(2)17(16-18-19-20-23(16)11-12-26-3)9-10-22(14-17)27(24,25)13-15-7-5-4-6-8-15/h4-8H,9-14H2,1-3H3. The normalized spacial score (nSPS) is 21.2. The van der Waals surface area contributed by atoms with Gasteiger partial charge in [-0.05, 0) is 36.5 Å². The number of hydrogen-bond acceptors (Lipinski definition) is 7. The maximum atomic E-state index is 13.0. The van der Waals surface area contributed by atoms with Gasteiger partial charge in [-0.25, -0.2) is 13.1 Å². The van der Waals surface area contributed by atoms with E-state index in [9.17, 15) is 8.42 Å². The van der Waals surface area contributed by atoms with E-state index in [4.69, 9.17) is 4.74 Å². The third-order valence-corrected chi connectivity index (χ3v) is 6.91. The van der Waals surface area contributed by atoms with Crippen molar-refractivity contribution in [1.29, 1.82) is 0 Å². The zero-order chi connectivity index (χ0) is 19.5. The molecule has 3 rings (SSSR count). The molecule has 1 fully saturated rings. The van der Waals surface area contributed by atoms with Gasteiger partial charge in [0.2, 0.25) is 10.0 Å². The van der Waals surface area contributed by atoms with Gasteiger partial charge in [0.15, 0.2) is 5.82 Å². The van der Waals surface area contributed by atoms with Crippen LogP contribution in [0.5, 0.6) is 0 Å². The number of methoxy groups -OCH3 is 1. The largest absolute Gasteiger partial charge is 0.383 e. The smallest absolute Gasteiger partial charge is 0.218 e. The Kier molecular flexibility index (Phi) is 5.89. The molecule has 1 atom stereocenters. The Balaban J connectivity index is 1.85. The average molecular weight is 395 g/mol. The number of tetrazole rings is 1. The van der Waals surface area contributed by atoms with E-state index in [2.05, 4.69) is 15.5 Å². The summed E-state index contributed by atoms with van der Waals surface area (Å²) in [7, 11) is 2.06. The van der Waals surface area contributed by atoms with Crippen molar-refractivity contribution < 1.29 is 13.2 Å². The second kappa shape index (κ2) is 8.01. The van der Waals surface area contributed by atoms with Crippen molar-refractivity contribution in [3.63, 3.8) is 0 Å². The van der Waals surface area contributed by atoms with E-state index in [1.807, 2.05) is 49.3 Å². The first-order valence-electron chi connectivity index (χ1n) is 8.84. The minimum absolute atomic E-state index is 0.00797. The van der Waals surface area contributed by atoms with Crippen LogP contribution in [-0.4, -0.2) is 78.7 Å². The van der Waals surface area contributed by atoms with Gasteiger partial charge in [-0.15, -0.1) is 5.10 Å². The predicted molar refractivity (Wildman–Crippen MR) is 100 cm³/mol. The molecular formula is C17H26N6O3S. The third kappa shape index (κ3) is 4.03. The van der Waals surface area contributed by atoms with Crippen LogP contribution in [0.25, 0.3) is 0 Å². The van der Waals surface area contributed by atoms with Crippen LogP contribution in [0.3, 0.4) is 0 Å². The van der Waals surface area contributed by atoms with Crippen molar-refractivity contribution in [2.24, 2.45) is 0 Å². The summed E-state index contributed by atoms with van der Waals surface area (Å²) in [4.78, 5) is 2.01. The number of benzene rings is 1. The molecule has 27 heavy (non-hydrogen) atoms. The van der Waals surface area contributed by atoms with Crippen molar-refractivity contribution in [3.8, 4) is 0 Å². The minimum atomic E-state index is -3.43. The van der Waals surface area contributed by atoms with Crippen LogP contribution >= 0.6 is 0 Å². The van der Waals surface area contributed by atoms with Crippen LogP contribution in [0.2, 0.25) is 0 Å². The van der Waals surface area contributed by atoms with Gasteiger partial charge in [0.05, 0.1) is 24.4 Å². The number of nitrogens with zero attached hydrogens (tertiary/aromatic N) is 6. The van der Waals surface area contributed by atoms with Crippen LogP contribution < -0.4 is 0 Å². The molecule has 1 aliphatic heterocycles. The number of rotatable bonds is 8. The monoisotopic (exact) mass is 394 g/mol. The molecule has 10 heteroatoms. The predicted octanol–water partition coefficient (Wildman–Crippen LogP) is 0.312. The van der Waals surface area contributed by atoms with E-state index >= 15 is 0 Å². The second-order valence-corrected chi connectivity index (χ2v) is 8.94. The zero-order valence-corrected chi connectivity index (χ0v) is 16.8. The molecule has 2 heterocycles. The third-order valence-electron chi connectivity index (χ3n) is 5.11. The number of ether oxygens (including phenoxy) is 1. The Labute approximate surface area is 160 Å². The molecule has 0 radical (unpaired) electrons. The quantitative estimate of drug-likeness (QED) is 0.636. The highest BCUT2D eigenvalue weighted by molar-refractivity contribution is 7.88. The summed E-state index contributed by atoms with van der Waals surface area (Å²) in [6.45, 7) is 1.76. The SMILES string of the molecule is COCCn1nnnc1C1(N(C)C)CCN(S(=O)(=O)Cc2ccccc2)C1. The number of aromatic nitrogens is 4. The molecule has 148 valence electrons. The van der Waals surface area contributed by atoms with Gasteiger partial charge in [0.25, 0.3) is 0 Å². The summed E-state index contributed by atoms with van der Waals surface area (Å²) in [5.74, 6) is 0.661. The highest BCUT2D eigenvalue weighted by atomic mass is 32.2. The summed E-state index contributed by atoms with van der Waals surface area (Å²) in [6.07, 6.45) is 0.626. The lowest BCUT2D eigenvalue weighted by Crippen LogP contribution is -2.47. The topological polar surface area (TPSA) is 93.4 Å². The average Bonchev–Trinajstić information content (AvgIpc) is 3.28. The van der Waals surface area contributed by atoms with E-state index in [0.29, 0.717) is 38.5 Å². The summed E-state index contributed by atoms with van der Waals surface area (Å²) >= 11 is 0. The van der Waals surface area contributed by atoms with Crippen LogP contribution in [0.15, 0.2) is 30.3 Å². The molecule has 0 saturated carbocycles. The van der Waals surface area contributed by atoms with Crippen LogP contribution in [0, 0.1) is 0 Å². The second-order valence-electron chi connectivity index (χ2n) is 6.97. The first-order valence-corrected chi connectivity index (χ1v) is 10.4. The van der Waals surface area contributed by atoms with Gasteiger partial charge in [0, 0.05) is 20.2 Å². The molecular weight excluding hydrogens is 368 g/mol. The molecule has 2 aromatic rings. The Morgan fingerprint density at radius 3 is 2.67 bits per heavy atom. The molecule has 0 N–H and O–H groups in total. The van der Waals surface area contributed by atoms with Crippen molar-refractivity contribution >= 4 is 10.0 Å². The number of likely N-dealkylation sites (N-methyl/N-ethyl adjacent to an activating group) is 1. The summed E-state index contributed by atoms with van der Waals surface area (Å²) < 4.78 is 34.3. The molecule has 0 bridgehead atoms. The lowest BCUT2D eigenvalue weighted by atomic mass is 9.96. The Morgan fingerprint density at radius 1 is 1.26 bits per heavy atom. The van der Waals surface area contributed by atoms with Gasteiger partial charge in [-0.2, -0.15) is 4.31 Å². The molecule has 0 aliphatic carbocycles. The molecule has 0 amide bonds. The Morgan fingerprint density at radius 2 is 2.00 bits per heavy atom. The van der Waals surface area contributed by atoms with Crippen molar-refractivity contribution in [3.05, 3.63) is 41.7 Å². The fourth-order valence-corrected chi connectivity index (χ4v) is 5.06. The first kappa shape index (κ1) is 19.9. The van der Waals surface area contributed by atoms with Crippen molar-refractivity contribution in [1.82, 2.24) is 29.4 Å². The van der Waals surface area contributed by atoms with E-state index in [-0.39, 0.29) is 5.75 Å². The van der Waals surface area contributed by atoms with Crippen molar-refractivity contribution in [2.75, 3.05) is 40.9 Å². The molecule has 1 aliphatic rings. The van der Waals surface area contributed by atoms with Gasteiger partial charge in [-0.1, -0.05) is 30.3 Å². The summed E-state index contributed by atoms with van der Waals surface area (Å²) in [5.41, 5.74) is 0.214. The first-order chi connectivity index (χ1) is 12.9. The van der Waals surface area contributed by atoms with Gasteiger partial charge >= 0.3 is 0 Å². The Hall–Kier alpha value is -1.88. The molecule has 1 saturated heterocycles.